The van der Waals surface area contributed by atoms with Crippen LogP contribution in [0.15, 0.2) is 42.7 Å². The van der Waals surface area contributed by atoms with E-state index >= 15 is 0 Å². The van der Waals surface area contributed by atoms with Gasteiger partial charge in [0.05, 0.1) is 52.9 Å². The van der Waals surface area contributed by atoms with Crippen molar-refractivity contribution in [1.29, 1.82) is 0 Å². The van der Waals surface area contributed by atoms with E-state index in [0.29, 0.717) is 88.7 Å². The quantitative estimate of drug-likeness (QED) is 0.688. The number of hydrogen-bond donors (Lipinski definition) is 0. The van der Waals surface area contributed by atoms with Crippen LogP contribution in [0.2, 0.25) is 0 Å². The van der Waals surface area contributed by atoms with E-state index < -0.39 is 0 Å². The minimum Gasteiger partial charge on any atom is -0.487 e. The molecule has 1 aromatic heterocycles. The zero-order valence-electron chi connectivity index (χ0n) is 16.9. The van der Waals surface area contributed by atoms with E-state index in [1.165, 1.54) is 0 Å². The zero-order valence-corrected chi connectivity index (χ0v) is 16.9. The van der Waals surface area contributed by atoms with Gasteiger partial charge < -0.3 is 28.4 Å². The summed E-state index contributed by atoms with van der Waals surface area (Å²) in [7, 11) is 0. The molecule has 3 rings (SSSR count). The highest BCUT2D eigenvalue weighted by Gasteiger charge is 2.14. The van der Waals surface area contributed by atoms with Gasteiger partial charge >= 0.3 is 0 Å². The third-order valence-electron chi connectivity index (χ3n) is 4.22. The fourth-order valence-electron chi connectivity index (χ4n) is 2.73. The molecule has 0 saturated carbocycles. The number of nitrogens with zero attached hydrogens (tertiary/aromatic N) is 1. The van der Waals surface area contributed by atoms with Crippen molar-refractivity contribution in [3.05, 3.63) is 53.9 Å². The average molecular weight is 417 g/mol. The number of ether oxygens (including phenoxy) is 6. The van der Waals surface area contributed by atoms with E-state index in [2.05, 4.69) is 4.98 Å². The highest BCUT2D eigenvalue weighted by molar-refractivity contribution is 6.09. The Labute approximate surface area is 176 Å². The number of rotatable bonds is 2. The lowest BCUT2D eigenvalue weighted by atomic mass is 10.0. The van der Waals surface area contributed by atoms with Gasteiger partial charge in [0, 0.05) is 23.5 Å². The third-order valence-corrected chi connectivity index (χ3v) is 4.22. The molecule has 0 saturated heterocycles. The topological polar surface area (TPSA) is 85.3 Å². The minimum absolute atomic E-state index is 0.134. The van der Waals surface area contributed by atoms with Gasteiger partial charge in [-0.1, -0.05) is 0 Å². The average Bonchev–Trinajstić information content (AvgIpc) is 2.79. The number of hydrogen-bond acceptors (Lipinski definition) is 8. The Balaban J connectivity index is 1.66. The van der Waals surface area contributed by atoms with Crippen molar-refractivity contribution in [3.8, 4) is 11.5 Å². The smallest absolute Gasteiger partial charge is 0.194 e. The van der Waals surface area contributed by atoms with Crippen LogP contribution in [0.5, 0.6) is 11.5 Å². The Bertz CT molecular complexity index is 769. The molecule has 0 bridgehead atoms. The first kappa shape index (κ1) is 22.2. The van der Waals surface area contributed by atoms with E-state index in [1.54, 1.807) is 42.7 Å². The van der Waals surface area contributed by atoms with Crippen molar-refractivity contribution >= 4 is 5.78 Å². The van der Waals surface area contributed by atoms with Crippen LogP contribution in [-0.2, 0) is 18.9 Å². The Hall–Kier alpha value is -2.52. The van der Waals surface area contributed by atoms with Gasteiger partial charge in [-0.3, -0.25) is 9.78 Å². The number of ketones is 1. The predicted octanol–water partition coefficient (Wildman–Crippen LogP) is 2.15. The van der Waals surface area contributed by atoms with Crippen LogP contribution in [0.25, 0.3) is 0 Å². The molecule has 1 aliphatic rings. The number of fused-ring (bicyclic) bond motifs is 1. The molecule has 0 amide bonds. The molecule has 1 aromatic carbocycles. The molecular weight excluding hydrogens is 390 g/mol. The normalized spacial score (nSPS) is 17.5. The fraction of sp³-hybridized carbons (Fsp3) is 0.455. The van der Waals surface area contributed by atoms with Crippen molar-refractivity contribution in [2.45, 2.75) is 0 Å². The second kappa shape index (κ2) is 12.9. The number of benzene rings is 1. The maximum atomic E-state index is 12.7. The first-order valence-electron chi connectivity index (χ1n) is 10.00. The third kappa shape index (κ3) is 7.38. The molecule has 30 heavy (non-hydrogen) atoms. The molecular formula is C22H27NO7. The van der Waals surface area contributed by atoms with E-state index in [0.717, 1.165) is 0 Å². The van der Waals surface area contributed by atoms with Crippen molar-refractivity contribution in [1.82, 2.24) is 4.98 Å². The summed E-state index contributed by atoms with van der Waals surface area (Å²) in [6.07, 6.45) is 3.17. The van der Waals surface area contributed by atoms with Gasteiger partial charge in [0.25, 0.3) is 0 Å². The summed E-state index contributed by atoms with van der Waals surface area (Å²) in [6, 6.07) is 8.58. The van der Waals surface area contributed by atoms with Crippen molar-refractivity contribution in [2.75, 3.05) is 66.1 Å². The summed E-state index contributed by atoms with van der Waals surface area (Å²) in [5, 5.41) is 0. The molecule has 162 valence electrons. The molecule has 2 aromatic rings. The van der Waals surface area contributed by atoms with E-state index in [9.17, 15) is 4.79 Å². The molecule has 0 unspecified atom stereocenters. The second-order valence-electron chi connectivity index (χ2n) is 6.38. The number of carbonyl (C=O) groups is 1. The van der Waals surface area contributed by atoms with Crippen LogP contribution >= 0.6 is 0 Å². The predicted molar refractivity (Wildman–Crippen MR) is 108 cm³/mol. The Morgan fingerprint density at radius 3 is 1.80 bits per heavy atom. The minimum atomic E-state index is -0.134. The van der Waals surface area contributed by atoms with Gasteiger partial charge in [0.2, 0.25) is 0 Å². The fourth-order valence-corrected chi connectivity index (χ4v) is 2.73. The van der Waals surface area contributed by atoms with Gasteiger partial charge in [-0.25, -0.2) is 0 Å². The lowest BCUT2D eigenvalue weighted by molar-refractivity contribution is -0.00841. The molecule has 0 aliphatic carbocycles. The van der Waals surface area contributed by atoms with Gasteiger partial charge in [0.1, 0.15) is 13.2 Å². The summed E-state index contributed by atoms with van der Waals surface area (Å²) >= 11 is 0. The van der Waals surface area contributed by atoms with Gasteiger partial charge in [-0.2, -0.15) is 0 Å². The van der Waals surface area contributed by atoms with E-state index in [1.807, 2.05) is 0 Å². The highest BCUT2D eigenvalue weighted by Crippen LogP contribution is 2.29. The Morgan fingerprint density at radius 2 is 1.23 bits per heavy atom. The molecule has 1 aliphatic heterocycles. The lowest BCUT2D eigenvalue weighted by Gasteiger charge is -2.15. The maximum Gasteiger partial charge on any atom is 0.194 e. The summed E-state index contributed by atoms with van der Waals surface area (Å²) in [6.45, 7) is 4.46. The van der Waals surface area contributed by atoms with Crippen LogP contribution in [0.1, 0.15) is 15.9 Å². The van der Waals surface area contributed by atoms with E-state index in [-0.39, 0.29) is 5.78 Å². The van der Waals surface area contributed by atoms with Crippen LogP contribution in [0.4, 0.5) is 0 Å². The SMILES string of the molecule is O=C(c1cccnc1)c1ccc2c(c1)OCCOCCOCCOCCOCCO2. The molecule has 8 heteroatoms. The van der Waals surface area contributed by atoms with Gasteiger partial charge in [-0.15, -0.1) is 0 Å². The lowest BCUT2D eigenvalue weighted by Crippen LogP contribution is -2.16. The number of carbonyl (C=O) groups excluding carboxylic acids is 1. The van der Waals surface area contributed by atoms with E-state index in [4.69, 9.17) is 28.4 Å². The molecule has 8 nitrogen and oxygen atoms in total. The summed E-state index contributed by atoms with van der Waals surface area (Å²) < 4.78 is 33.5. The van der Waals surface area contributed by atoms with Crippen molar-refractivity contribution in [3.63, 3.8) is 0 Å². The highest BCUT2D eigenvalue weighted by atomic mass is 16.6. The monoisotopic (exact) mass is 417 g/mol. The first-order valence-corrected chi connectivity index (χ1v) is 10.00. The summed E-state index contributed by atoms with van der Waals surface area (Å²) in [5.74, 6) is 0.891. The van der Waals surface area contributed by atoms with Gasteiger partial charge in [0.15, 0.2) is 17.3 Å². The van der Waals surface area contributed by atoms with Crippen LogP contribution < -0.4 is 9.47 Å². The van der Waals surface area contributed by atoms with Crippen LogP contribution in [0.3, 0.4) is 0 Å². The Morgan fingerprint density at radius 1 is 0.667 bits per heavy atom. The summed E-state index contributed by atoms with van der Waals surface area (Å²) in [4.78, 5) is 16.7. The first-order chi connectivity index (χ1) is 14.8. The van der Waals surface area contributed by atoms with Crippen molar-refractivity contribution < 1.29 is 33.2 Å². The largest absolute Gasteiger partial charge is 0.487 e. The van der Waals surface area contributed by atoms with Crippen LogP contribution in [0, 0.1) is 0 Å². The summed E-state index contributed by atoms with van der Waals surface area (Å²) in [5.41, 5.74) is 1.01. The molecule has 0 fully saturated rings. The molecule has 0 spiro atoms. The zero-order chi connectivity index (χ0) is 20.9. The van der Waals surface area contributed by atoms with Crippen molar-refractivity contribution in [2.24, 2.45) is 0 Å². The Kier molecular flexibility index (Phi) is 9.55. The molecule has 0 radical (unpaired) electrons. The second-order valence-corrected chi connectivity index (χ2v) is 6.38. The maximum absolute atomic E-state index is 12.7. The molecule has 0 N–H and O–H groups in total. The standard InChI is InChI=1S/C22H27NO7/c24-22(19-2-1-5-23-17-19)18-3-4-20-21(16-18)30-15-13-28-11-9-26-7-6-25-8-10-27-12-14-29-20/h1-5,16-17H,6-15H2. The molecule has 0 atom stereocenters. The molecule has 2 heterocycles. The number of aromatic nitrogens is 1. The number of pyridine rings is 1. The van der Waals surface area contributed by atoms with Gasteiger partial charge in [-0.05, 0) is 30.3 Å². The van der Waals surface area contributed by atoms with Crippen LogP contribution in [-0.4, -0.2) is 76.8 Å².